The number of aromatic nitrogens is 1. The van der Waals surface area contributed by atoms with Crippen molar-refractivity contribution in [1.82, 2.24) is 4.98 Å². The molecule has 3 rings (SSSR count). The van der Waals surface area contributed by atoms with Crippen LogP contribution in [-0.2, 0) is 0 Å². The highest BCUT2D eigenvalue weighted by molar-refractivity contribution is 7.18. The van der Waals surface area contributed by atoms with E-state index >= 15 is 0 Å². The first-order chi connectivity index (χ1) is 7.86. The quantitative estimate of drug-likeness (QED) is 0.884. The molecule has 0 amide bonds. The second-order valence-corrected chi connectivity index (χ2v) is 5.16. The Balaban J connectivity index is 1.90. The second kappa shape index (κ2) is 4.03. The Kier molecular flexibility index (Phi) is 2.53. The van der Waals surface area contributed by atoms with E-state index in [4.69, 9.17) is 10.5 Å². The van der Waals surface area contributed by atoms with Crippen LogP contribution in [0.4, 0.5) is 0 Å². The maximum Gasteiger partial charge on any atom is 0.120 e. The average Bonchev–Trinajstić information content (AvgIpc) is 3.06. The van der Waals surface area contributed by atoms with Gasteiger partial charge >= 0.3 is 0 Å². The molecular weight excluding hydrogens is 220 g/mol. The van der Waals surface area contributed by atoms with Crippen LogP contribution in [0.1, 0.15) is 23.8 Å². The summed E-state index contributed by atoms with van der Waals surface area (Å²) in [4.78, 5) is 4.63. The molecule has 2 N–H and O–H groups in total. The summed E-state index contributed by atoms with van der Waals surface area (Å²) in [7, 11) is 0. The lowest BCUT2D eigenvalue weighted by atomic mass is 10.3. The zero-order valence-electron chi connectivity index (χ0n) is 8.98. The Morgan fingerprint density at radius 1 is 1.44 bits per heavy atom. The van der Waals surface area contributed by atoms with E-state index in [1.165, 1.54) is 22.5 Å². The van der Waals surface area contributed by atoms with Crippen molar-refractivity contribution in [2.24, 2.45) is 5.73 Å². The minimum atomic E-state index is 0.550. The molecule has 3 nitrogen and oxygen atoms in total. The molecule has 0 saturated heterocycles. The van der Waals surface area contributed by atoms with E-state index in [9.17, 15) is 0 Å². The van der Waals surface area contributed by atoms with Gasteiger partial charge in [-0.2, -0.15) is 0 Å². The third-order valence-electron chi connectivity index (χ3n) is 2.69. The predicted molar refractivity (Wildman–Crippen MR) is 66.1 cm³/mol. The summed E-state index contributed by atoms with van der Waals surface area (Å²) in [5, 5.41) is 1.28. The number of thiazole rings is 1. The van der Waals surface area contributed by atoms with Crippen molar-refractivity contribution < 1.29 is 4.74 Å². The smallest absolute Gasteiger partial charge is 0.120 e. The second-order valence-electron chi connectivity index (χ2n) is 4.09. The fraction of sp³-hybridized carbons (Fsp3) is 0.417. The average molecular weight is 234 g/mol. The molecule has 0 bridgehead atoms. The first-order valence-corrected chi connectivity index (χ1v) is 6.42. The summed E-state index contributed by atoms with van der Waals surface area (Å²) in [5.74, 6) is 1.62. The van der Waals surface area contributed by atoms with Gasteiger partial charge in [0.05, 0.1) is 15.2 Å². The molecule has 4 heteroatoms. The molecule has 0 spiro atoms. The fourth-order valence-corrected chi connectivity index (χ4v) is 2.86. The van der Waals surface area contributed by atoms with E-state index in [0.29, 0.717) is 13.2 Å². The van der Waals surface area contributed by atoms with Gasteiger partial charge in [-0.25, -0.2) is 4.98 Å². The maximum atomic E-state index is 5.50. The topological polar surface area (TPSA) is 48.1 Å². The molecule has 84 valence electrons. The molecule has 1 fully saturated rings. The van der Waals surface area contributed by atoms with Crippen LogP contribution in [0.2, 0.25) is 0 Å². The van der Waals surface area contributed by atoms with Gasteiger partial charge in [0.25, 0.3) is 0 Å². The molecule has 0 unspecified atom stereocenters. The summed E-state index contributed by atoms with van der Waals surface area (Å²) < 4.78 is 6.72. The molecule has 0 atom stereocenters. The molecule has 1 aromatic carbocycles. The van der Waals surface area contributed by atoms with Crippen LogP contribution in [0.3, 0.4) is 0 Å². The molecule has 1 aromatic heterocycles. The van der Waals surface area contributed by atoms with Crippen LogP contribution < -0.4 is 10.5 Å². The normalized spacial score (nSPS) is 15.6. The lowest BCUT2D eigenvalue weighted by Gasteiger charge is -2.02. The third kappa shape index (κ3) is 1.90. The molecule has 1 aliphatic rings. The van der Waals surface area contributed by atoms with Crippen molar-refractivity contribution >= 4 is 21.6 Å². The fourth-order valence-electron chi connectivity index (χ4n) is 1.69. The van der Waals surface area contributed by atoms with Gasteiger partial charge in [-0.15, -0.1) is 11.3 Å². The van der Waals surface area contributed by atoms with Crippen molar-refractivity contribution in [2.45, 2.75) is 18.8 Å². The first kappa shape index (κ1) is 10.1. The summed E-state index contributed by atoms with van der Waals surface area (Å²) >= 11 is 1.79. The number of ether oxygens (including phenoxy) is 1. The summed E-state index contributed by atoms with van der Waals surface area (Å²) in [6.45, 7) is 1.12. The largest absolute Gasteiger partial charge is 0.492 e. The molecular formula is C12H14N2OS. The highest BCUT2D eigenvalue weighted by atomic mass is 32.1. The monoisotopic (exact) mass is 234 g/mol. The minimum absolute atomic E-state index is 0.550. The predicted octanol–water partition coefficient (Wildman–Crippen LogP) is 2.51. The van der Waals surface area contributed by atoms with Crippen molar-refractivity contribution in [2.75, 3.05) is 13.2 Å². The van der Waals surface area contributed by atoms with E-state index < -0.39 is 0 Å². The summed E-state index contributed by atoms with van der Waals surface area (Å²) in [6, 6.07) is 6.06. The Bertz CT molecular complexity index is 505. The van der Waals surface area contributed by atoms with Gasteiger partial charge in [-0.1, -0.05) is 0 Å². The van der Waals surface area contributed by atoms with Crippen LogP contribution in [0.25, 0.3) is 10.2 Å². The van der Waals surface area contributed by atoms with Crippen LogP contribution >= 0.6 is 11.3 Å². The van der Waals surface area contributed by atoms with Crippen LogP contribution in [-0.4, -0.2) is 18.1 Å². The van der Waals surface area contributed by atoms with Crippen LogP contribution in [0.5, 0.6) is 5.75 Å². The highest BCUT2D eigenvalue weighted by Crippen LogP contribution is 2.43. The van der Waals surface area contributed by atoms with E-state index in [2.05, 4.69) is 11.1 Å². The molecule has 0 radical (unpaired) electrons. The molecule has 16 heavy (non-hydrogen) atoms. The maximum absolute atomic E-state index is 5.50. The Morgan fingerprint density at radius 3 is 3.06 bits per heavy atom. The Hall–Kier alpha value is -1.13. The Morgan fingerprint density at radius 2 is 2.31 bits per heavy atom. The van der Waals surface area contributed by atoms with Crippen molar-refractivity contribution in [3.8, 4) is 5.75 Å². The molecule has 0 aliphatic heterocycles. The van der Waals surface area contributed by atoms with E-state index in [1.54, 1.807) is 11.3 Å². The van der Waals surface area contributed by atoms with Gasteiger partial charge in [0, 0.05) is 12.5 Å². The third-order valence-corrected chi connectivity index (χ3v) is 3.87. The van der Waals surface area contributed by atoms with Gasteiger partial charge < -0.3 is 10.5 Å². The molecule has 1 aliphatic carbocycles. The van der Waals surface area contributed by atoms with Gasteiger partial charge in [0.1, 0.15) is 12.4 Å². The number of hydrogen-bond acceptors (Lipinski definition) is 4. The van der Waals surface area contributed by atoms with Crippen molar-refractivity contribution in [1.29, 1.82) is 0 Å². The number of fused-ring (bicyclic) bond motifs is 1. The van der Waals surface area contributed by atoms with Crippen LogP contribution in [0.15, 0.2) is 18.2 Å². The zero-order valence-corrected chi connectivity index (χ0v) is 9.80. The van der Waals surface area contributed by atoms with Crippen LogP contribution in [0, 0.1) is 0 Å². The Labute approximate surface area is 98.2 Å². The van der Waals surface area contributed by atoms with Gasteiger partial charge in [-0.05, 0) is 31.0 Å². The lowest BCUT2D eigenvalue weighted by molar-refractivity contribution is 0.329. The molecule has 1 heterocycles. The lowest BCUT2D eigenvalue weighted by Crippen LogP contribution is -2.10. The number of benzene rings is 1. The molecule has 2 aromatic rings. The van der Waals surface area contributed by atoms with E-state index in [1.807, 2.05) is 12.1 Å². The number of nitrogens with two attached hydrogens (primary N) is 1. The number of rotatable bonds is 4. The summed E-state index contributed by atoms with van der Waals surface area (Å²) in [5.41, 5.74) is 6.50. The van der Waals surface area contributed by atoms with Gasteiger partial charge in [0.2, 0.25) is 0 Å². The van der Waals surface area contributed by atoms with E-state index in [-0.39, 0.29) is 0 Å². The first-order valence-electron chi connectivity index (χ1n) is 5.60. The molecule has 1 saturated carbocycles. The SMILES string of the molecule is NCCOc1ccc2nc(C3CC3)sc2c1. The van der Waals surface area contributed by atoms with E-state index in [0.717, 1.165) is 17.2 Å². The standard InChI is InChI=1S/C12H14N2OS/c13-5-6-15-9-3-4-10-11(7-9)16-12(14-10)8-1-2-8/h3-4,7-8H,1-2,5-6,13H2. The minimum Gasteiger partial charge on any atom is -0.492 e. The highest BCUT2D eigenvalue weighted by Gasteiger charge is 2.26. The van der Waals surface area contributed by atoms with Gasteiger partial charge in [-0.3, -0.25) is 0 Å². The number of nitrogens with zero attached hydrogens (tertiary/aromatic N) is 1. The van der Waals surface area contributed by atoms with Gasteiger partial charge in [0.15, 0.2) is 0 Å². The number of hydrogen-bond donors (Lipinski definition) is 1. The van der Waals surface area contributed by atoms with Crippen molar-refractivity contribution in [3.05, 3.63) is 23.2 Å². The van der Waals surface area contributed by atoms with Crippen molar-refractivity contribution in [3.63, 3.8) is 0 Å². The summed E-state index contributed by atoms with van der Waals surface area (Å²) in [6.07, 6.45) is 2.60. The zero-order chi connectivity index (χ0) is 11.0.